The molecule has 0 aliphatic carbocycles. The fraction of sp³-hybridized carbons (Fsp3) is 0.958. The van der Waals surface area contributed by atoms with Crippen LogP contribution < -0.4 is 0 Å². The number of quaternary nitrogens is 2. The second-order valence-electron chi connectivity index (χ2n) is 16.4. The van der Waals surface area contributed by atoms with E-state index >= 15 is 0 Å². The van der Waals surface area contributed by atoms with Crippen molar-refractivity contribution in [1.82, 2.24) is 0 Å². The van der Waals surface area contributed by atoms with Gasteiger partial charge in [-0.05, 0) is 77.0 Å². The van der Waals surface area contributed by atoms with Crippen molar-refractivity contribution in [2.45, 2.75) is 249 Å². The number of carbonyl (C=O) groups is 2. The average molecular weight is 803 g/mol. The van der Waals surface area contributed by atoms with Crippen molar-refractivity contribution in [2.24, 2.45) is 0 Å². The first-order valence-electron chi connectivity index (χ1n) is 24.1. The molecule has 0 amide bonds. The normalized spacial score (nSPS) is 11.1. The van der Waals surface area contributed by atoms with Crippen molar-refractivity contribution in [3.63, 3.8) is 0 Å². The molecule has 0 bridgehead atoms. The highest BCUT2D eigenvalue weighted by Gasteiger charge is 2.25. The molecule has 0 aromatic rings. The van der Waals surface area contributed by atoms with Crippen LogP contribution in [0.25, 0.3) is 0 Å². The molecule has 0 unspecified atom stereocenters. The average Bonchev–Trinajstić information content (AvgIpc) is 3.17. The van der Waals surface area contributed by atoms with Gasteiger partial charge in [-0.25, -0.2) is 0 Å². The van der Waals surface area contributed by atoms with Crippen molar-refractivity contribution in [1.29, 1.82) is 0 Å². The lowest BCUT2D eigenvalue weighted by Gasteiger charge is -2.39. The predicted octanol–water partition coefficient (Wildman–Crippen LogP) is 14.8. The number of hydrogen-bond acceptors (Lipinski definition) is 4. The molecule has 0 aromatic carbocycles. The van der Waals surface area contributed by atoms with E-state index < -0.39 is 0 Å². The van der Waals surface area contributed by atoms with Crippen LogP contribution >= 0.6 is 0 Å². The molecule has 0 radical (unpaired) electrons. The SMILES string of the molecule is CCCCCCCC(=O)[S-].CCCCCCCC(=O)[S-].CCCC[N+](CCCC)(CCCC)CCCC.CCCC[N+](CCCC)(CCCC)CCCC. The highest BCUT2D eigenvalue weighted by Crippen LogP contribution is 2.18. The highest BCUT2D eigenvalue weighted by molar-refractivity contribution is 7.77. The molecule has 4 nitrogen and oxygen atoms in total. The topological polar surface area (TPSA) is 34.1 Å². The minimum Gasteiger partial charge on any atom is -0.742 e. The number of unbranched alkanes of at least 4 members (excludes halogenated alkanes) is 16. The van der Waals surface area contributed by atoms with Crippen molar-refractivity contribution in [3.05, 3.63) is 0 Å². The Bertz CT molecular complexity index is 598. The van der Waals surface area contributed by atoms with E-state index in [4.69, 9.17) is 0 Å². The lowest BCUT2D eigenvalue weighted by Crippen LogP contribution is -2.50. The van der Waals surface area contributed by atoms with Gasteiger partial charge in [0.25, 0.3) is 0 Å². The number of rotatable bonds is 36. The number of hydrogen-bond donors (Lipinski definition) is 0. The summed E-state index contributed by atoms with van der Waals surface area (Å²) >= 11 is 8.84. The Morgan fingerprint density at radius 1 is 0.278 bits per heavy atom. The summed E-state index contributed by atoms with van der Waals surface area (Å²) in [5, 5.41) is -0.173. The van der Waals surface area contributed by atoms with Gasteiger partial charge in [0, 0.05) is 10.2 Å². The van der Waals surface area contributed by atoms with E-state index in [1.165, 1.54) is 203 Å². The maximum Gasteiger partial charge on any atom is 0.0786 e. The molecule has 0 saturated heterocycles. The summed E-state index contributed by atoms with van der Waals surface area (Å²) in [4.78, 5) is 20.6. The third kappa shape index (κ3) is 46.1. The number of nitrogens with zero attached hydrogens (tertiary/aromatic N) is 2. The van der Waals surface area contributed by atoms with Gasteiger partial charge in [0.1, 0.15) is 0 Å². The maximum atomic E-state index is 10.3. The predicted molar refractivity (Wildman–Crippen MR) is 250 cm³/mol. The van der Waals surface area contributed by atoms with Crippen LogP contribution in [-0.4, -0.2) is 71.6 Å². The zero-order valence-corrected chi connectivity index (χ0v) is 40.6. The standard InChI is InChI=1S/2C16H36N.2C8H16OS/c2*1-5-9-13-17(14-10-6-2,15-11-7-3)16-12-8-4;2*1-2-3-4-5-6-7-8(9)10/h2*5-16H2,1-4H3;2*2-7H2,1H3,(H,9,10)/q2*+1;;/p-2. The zero-order valence-electron chi connectivity index (χ0n) is 39.0. The van der Waals surface area contributed by atoms with E-state index in [2.05, 4.69) is 94.5 Å². The van der Waals surface area contributed by atoms with Gasteiger partial charge in [-0.2, -0.15) is 0 Å². The molecule has 0 spiro atoms. The Kier molecular flexibility index (Phi) is 54.6. The molecule has 6 heteroatoms. The summed E-state index contributed by atoms with van der Waals surface area (Å²) < 4.78 is 2.84. The van der Waals surface area contributed by atoms with Crippen LogP contribution in [0.15, 0.2) is 0 Å². The van der Waals surface area contributed by atoms with E-state index in [0.29, 0.717) is 12.8 Å². The summed E-state index contributed by atoms with van der Waals surface area (Å²) in [6.45, 7) is 34.4. The van der Waals surface area contributed by atoms with Gasteiger partial charge in [-0.3, -0.25) is 0 Å². The summed E-state index contributed by atoms with van der Waals surface area (Å²) in [5.74, 6) is 0. The summed E-state index contributed by atoms with van der Waals surface area (Å²) in [6, 6.07) is 0. The third-order valence-corrected chi connectivity index (χ3v) is 11.3. The second kappa shape index (κ2) is 48.8. The third-order valence-electron chi connectivity index (χ3n) is 10.9. The minimum absolute atomic E-state index is 0.0866. The lowest BCUT2D eigenvalue weighted by atomic mass is 10.1. The summed E-state index contributed by atoms with van der Waals surface area (Å²) in [5.41, 5.74) is 0. The molecule has 0 N–H and O–H groups in total. The highest BCUT2D eigenvalue weighted by atomic mass is 32.1. The van der Waals surface area contributed by atoms with Crippen molar-refractivity contribution in [3.8, 4) is 0 Å². The van der Waals surface area contributed by atoms with Crippen LogP contribution in [-0.2, 0) is 34.8 Å². The Labute approximate surface area is 353 Å². The second-order valence-corrected chi connectivity index (χ2v) is 17.3. The van der Waals surface area contributed by atoms with Crippen LogP contribution in [0.4, 0.5) is 0 Å². The Balaban J connectivity index is -0.000000318. The van der Waals surface area contributed by atoms with Gasteiger partial charge in [-0.1, -0.05) is 172 Å². The molecule has 328 valence electrons. The van der Waals surface area contributed by atoms with Gasteiger partial charge < -0.3 is 43.8 Å². The minimum atomic E-state index is -0.0866. The first kappa shape index (κ1) is 60.4. The summed E-state index contributed by atoms with van der Waals surface area (Å²) in [6.07, 6.45) is 35.2. The smallest absolute Gasteiger partial charge is 0.0786 e. The Morgan fingerprint density at radius 2 is 0.444 bits per heavy atom. The molecule has 0 fully saturated rings. The molecule has 0 atom stereocenters. The van der Waals surface area contributed by atoms with Gasteiger partial charge in [0.2, 0.25) is 0 Å². The monoisotopic (exact) mass is 803 g/mol. The van der Waals surface area contributed by atoms with Crippen molar-refractivity contribution >= 4 is 35.5 Å². The molecule has 0 saturated carbocycles. The number of carbonyl (C=O) groups excluding carboxylic acids is 2. The summed E-state index contributed by atoms with van der Waals surface area (Å²) in [7, 11) is 0. The van der Waals surface area contributed by atoms with Crippen LogP contribution in [0.5, 0.6) is 0 Å². The van der Waals surface area contributed by atoms with Crippen LogP contribution in [0.1, 0.15) is 249 Å². The van der Waals surface area contributed by atoms with E-state index in [-0.39, 0.29) is 10.2 Å². The van der Waals surface area contributed by atoms with Crippen molar-refractivity contribution in [2.75, 3.05) is 52.4 Å². The van der Waals surface area contributed by atoms with Gasteiger partial charge in [0.15, 0.2) is 0 Å². The van der Waals surface area contributed by atoms with Gasteiger partial charge in [-0.15, -0.1) is 0 Å². The first-order chi connectivity index (χ1) is 26.0. The van der Waals surface area contributed by atoms with E-state index in [1.807, 2.05) is 0 Å². The van der Waals surface area contributed by atoms with Crippen molar-refractivity contribution < 1.29 is 18.6 Å². The van der Waals surface area contributed by atoms with Crippen LogP contribution in [0, 0.1) is 0 Å². The Morgan fingerprint density at radius 3 is 0.593 bits per heavy atom. The zero-order chi connectivity index (χ0) is 41.6. The molecular weight excluding hydrogens is 701 g/mol. The van der Waals surface area contributed by atoms with E-state index in [0.717, 1.165) is 25.7 Å². The van der Waals surface area contributed by atoms with Crippen LogP contribution in [0.2, 0.25) is 0 Å². The molecule has 0 aliphatic rings. The maximum absolute atomic E-state index is 10.3. The molecular formula is C48H102N2O2S2. The quantitative estimate of drug-likeness (QED) is 0.0359. The molecule has 54 heavy (non-hydrogen) atoms. The largest absolute Gasteiger partial charge is 0.742 e. The molecule has 0 heterocycles. The first-order valence-corrected chi connectivity index (χ1v) is 24.9. The van der Waals surface area contributed by atoms with Gasteiger partial charge >= 0.3 is 0 Å². The Hall–Kier alpha value is -0.300. The molecule has 0 aromatic heterocycles. The molecule has 0 aliphatic heterocycles. The van der Waals surface area contributed by atoms with E-state index in [9.17, 15) is 9.59 Å². The van der Waals surface area contributed by atoms with E-state index in [1.54, 1.807) is 0 Å². The van der Waals surface area contributed by atoms with Gasteiger partial charge in [0.05, 0.1) is 52.4 Å². The van der Waals surface area contributed by atoms with Crippen LogP contribution in [0.3, 0.4) is 0 Å². The molecule has 0 rings (SSSR count). The fourth-order valence-corrected chi connectivity index (χ4v) is 7.32. The lowest BCUT2D eigenvalue weighted by molar-refractivity contribution is -0.929. The fourth-order valence-electron chi connectivity index (χ4n) is 7.04.